The van der Waals surface area contributed by atoms with Crippen molar-refractivity contribution in [3.8, 4) is 0 Å². The molecular weight excluding hydrogens is 214 g/mol. The van der Waals surface area contributed by atoms with Gasteiger partial charge in [-0.1, -0.05) is 20.8 Å². The number of nitrogens with zero attached hydrogens (tertiary/aromatic N) is 1. The molecule has 2 aliphatic rings. The minimum atomic E-state index is -0.344. The van der Waals surface area contributed by atoms with E-state index in [1.54, 1.807) is 0 Å². The maximum Gasteiger partial charge on any atom is 0.259 e. The number of rotatable bonds is 1. The SMILES string of the molecule is CC1CCC(C(C)C)C2(C1)C(C)C(=O)C=[N+]2O. The molecule has 1 spiro atoms. The molecule has 0 radical (unpaired) electrons. The number of Topliss-reactive ketones (excluding diaryl/α,β-unsaturated/α-hetero) is 1. The highest BCUT2D eigenvalue weighted by Gasteiger charge is 2.63. The van der Waals surface area contributed by atoms with Gasteiger partial charge in [0.2, 0.25) is 11.3 Å². The van der Waals surface area contributed by atoms with Gasteiger partial charge in [0.05, 0.1) is 5.92 Å². The zero-order chi connectivity index (χ0) is 12.8. The monoisotopic (exact) mass is 238 g/mol. The maximum absolute atomic E-state index is 11.9. The van der Waals surface area contributed by atoms with Gasteiger partial charge in [-0.2, -0.15) is 0 Å². The van der Waals surface area contributed by atoms with Crippen molar-refractivity contribution in [1.82, 2.24) is 0 Å². The number of carbonyl (C=O) groups excluding carboxylic acids is 1. The zero-order valence-corrected chi connectivity index (χ0v) is 11.3. The van der Waals surface area contributed by atoms with Gasteiger partial charge in [-0.3, -0.25) is 10.0 Å². The molecule has 0 saturated heterocycles. The van der Waals surface area contributed by atoms with Crippen molar-refractivity contribution in [3.63, 3.8) is 0 Å². The van der Waals surface area contributed by atoms with Crippen LogP contribution in [-0.2, 0) is 4.79 Å². The van der Waals surface area contributed by atoms with E-state index >= 15 is 0 Å². The van der Waals surface area contributed by atoms with Gasteiger partial charge < -0.3 is 0 Å². The minimum Gasteiger partial charge on any atom is -0.290 e. The van der Waals surface area contributed by atoms with Crippen LogP contribution in [0.25, 0.3) is 0 Å². The Kier molecular flexibility index (Phi) is 3.04. The van der Waals surface area contributed by atoms with Gasteiger partial charge in [0.15, 0.2) is 0 Å². The van der Waals surface area contributed by atoms with Crippen LogP contribution < -0.4 is 0 Å². The predicted octanol–water partition coefficient (Wildman–Crippen LogP) is 2.51. The second-order valence-electron chi connectivity index (χ2n) is 6.33. The van der Waals surface area contributed by atoms with Gasteiger partial charge in [0.1, 0.15) is 0 Å². The van der Waals surface area contributed by atoms with Crippen LogP contribution in [0.15, 0.2) is 0 Å². The highest BCUT2D eigenvalue weighted by molar-refractivity contribution is 6.27. The molecule has 0 aromatic rings. The fourth-order valence-corrected chi connectivity index (χ4v) is 3.99. The molecule has 4 unspecified atom stereocenters. The summed E-state index contributed by atoms with van der Waals surface area (Å²) in [5, 5.41) is 10.2. The molecular formula is C14H24NO2+. The van der Waals surface area contributed by atoms with Crippen LogP contribution in [-0.4, -0.2) is 27.5 Å². The van der Waals surface area contributed by atoms with Gasteiger partial charge in [0.25, 0.3) is 6.21 Å². The third kappa shape index (κ3) is 1.71. The summed E-state index contributed by atoms with van der Waals surface area (Å²) in [5.74, 6) is 1.48. The van der Waals surface area contributed by atoms with Gasteiger partial charge in [-0.15, -0.1) is 0 Å². The second kappa shape index (κ2) is 4.11. The smallest absolute Gasteiger partial charge is 0.259 e. The molecule has 1 aliphatic carbocycles. The minimum absolute atomic E-state index is 0.0762. The molecule has 0 aromatic heterocycles. The van der Waals surface area contributed by atoms with Crippen LogP contribution in [0.4, 0.5) is 0 Å². The number of hydrogen-bond donors (Lipinski definition) is 1. The molecule has 4 atom stereocenters. The molecule has 17 heavy (non-hydrogen) atoms. The van der Waals surface area contributed by atoms with Crippen LogP contribution in [0.2, 0.25) is 0 Å². The first-order valence-corrected chi connectivity index (χ1v) is 6.76. The molecule has 96 valence electrons. The summed E-state index contributed by atoms with van der Waals surface area (Å²) in [5.41, 5.74) is -0.344. The van der Waals surface area contributed by atoms with E-state index in [2.05, 4.69) is 20.8 Å². The second-order valence-corrected chi connectivity index (χ2v) is 6.33. The molecule has 0 amide bonds. The van der Waals surface area contributed by atoms with Crippen molar-refractivity contribution >= 4 is 12.0 Å². The number of hydrogen-bond acceptors (Lipinski definition) is 2. The van der Waals surface area contributed by atoms with Gasteiger partial charge in [-0.05, 0) is 36.3 Å². The standard InChI is InChI=1S/C14H24NO2/c1-9(2)12-6-5-10(3)7-14(12)11(4)13(16)8-15(14)17/h8-12,17H,5-7H2,1-4H3/q+1. The van der Waals surface area contributed by atoms with Crippen LogP contribution in [0.3, 0.4) is 0 Å². The van der Waals surface area contributed by atoms with Crippen molar-refractivity contribution in [2.75, 3.05) is 0 Å². The van der Waals surface area contributed by atoms with E-state index in [1.165, 1.54) is 17.4 Å². The van der Waals surface area contributed by atoms with E-state index in [1.807, 2.05) is 6.92 Å². The molecule has 0 aromatic carbocycles. The average molecular weight is 238 g/mol. The molecule has 1 N–H and O–H groups in total. The summed E-state index contributed by atoms with van der Waals surface area (Å²) in [6.45, 7) is 8.60. The molecule has 1 saturated carbocycles. The Bertz CT molecular complexity index is 361. The highest BCUT2D eigenvalue weighted by atomic mass is 16.5. The van der Waals surface area contributed by atoms with Crippen LogP contribution in [0, 0.1) is 23.7 Å². The lowest BCUT2D eigenvalue weighted by molar-refractivity contribution is -0.831. The number of hydroxylamine groups is 1. The number of ketones is 1. The van der Waals surface area contributed by atoms with Crippen LogP contribution in [0.1, 0.15) is 47.0 Å². The average Bonchev–Trinajstić information content (AvgIpc) is 2.44. The summed E-state index contributed by atoms with van der Waals surface area (Å²) in [4.78, 5) is 11.9. The topological polar surface area (TPSA) is 40.3 Å². The van der Waals surface area contributed by atoms with Crippen molar-refractivity contribution in [3.05, 3.63) is 0 Å². The quantitative estimate of drug-likeness (QED) is 0.563. The lowest BCUT2D eigenvalue weighted by Gasteiger charge is -2.42. The van der Waals surface area contributed by atoms with Gasteiger partial charge in [-0.25, -0.2) is 0 Å². The zero-order valence-electron chi connectivity index (χ0n) is 11.3. The summed E-state index contributed by atoms with van der Waals surface area (Å²) in [7, 11) is 0. The summed E-state index contributed by atoms with van der Waals surface area (Å²) in [6.07, 6.45) is 4.65. The molecule has 1 fully saturated rings. The fourth-order valence-electron chi connectivity index (χ4n) is 3.99. The Morgan fingerprint density at radius 1 is 1.41 bits per heavy atom. The number of carbonyl (C=O) groups is 1. The van der Waals surface area contributed by atoms with Crippen molar-refractivity contribution in [1.29, 1.82) is 0 Å². The van der Waals surface area contributed by atoms with Gasteiger partial charge in [0, 0.05) is 12.3 Å². The summed E-state index contributed by atoms with van der Waals surface area (Å²) < 4.78 is 1.25. The summed E-state index contributed by atoms with van der Waals surface area (Å²) in [6, 6.07) is 0. The Balaban J connectivity index is 2.43. The Morgan fingerprint density at radius 2 is 2.06 bits per heavy atom. The van der Waals surface area contributed by atoms with Gasteiger partial charge >= 0.3 is 0 Å². The largest absolute Gasteiger partial charge is 0.290 e. The van der Waals surface area contributed by atoms with Crippen molar-refractivity contribution < 1.29 is 14.7 Å². The summed E-state index contributed by atoms with van der Waals surface area (Å²) >= 11 is 0. The highest BCUT2D eigenvalue weighted by Crippen LogP contribution is 2.48. The third-order valence-electron chi connectivity index (χ3n) is 4.95. The van der Waals surface area contributed by atoms with E-state index in [0.717, 1.165) is 12.8 Å². The van der Waals surface area contributed by atoms with Crippen molar-refractivity contribution in [2.24, 2.45) is 23.7 Å². The van der Waals surface area contributed by atoms with E-state index < -0.39 is 0 Å². The molecule has 2 rings (SSSR count). The van der Waals surface area contributed by atoms with Crippen LogP contribution >= 0.6 is 0 Å². The van der Waals surface area contributed by atoms with E-state index in [0.29, 0.717) is 17.8 Å². The van der Waals surface area contributed by atoms with E-state index in [4.69, 9.17) is 0 Å². The molecule has 3 heteroatoms. The molecule has 0 bridgehead atoms. The first-order chi connectivity index (χ1) is 7.89. The first kappa shape index (κ1) is 12.6. The third-order valence-corrected chi connectivity index (χ3v) is 4.95. The molecule has 1 aliphatic heterocycles. The molecule has 3 nitrogen and oxygen atoms in total. The Morgan fingerprint density at radius 3 is 2.53 bits per heavy atom. The lowest BCUT2D eigenvalue weighted by Crippen LogP contribution is -2.55. The normalized spacial score (nSPS) is 42.3. The van der Waals surface area contributed by atoms with Crippen LogP contribution in [0.5, 0.6) is 0 Å². The first-order valence-electron chi connectivity index (χ1n) is 6.76. The van der Waals surface area contributed by atoms with Crippen molar-refractivity contribution in [2.45, 2.75) is 52.5 Å². The van der Waals surface area contributed by atoms with E-state index in [-0.39, 0.29) is 17.2 Å². The molecule has 1 heterocycles. The predicted molar refractivity (Wildman–Crippen MR) is 66.4 cm³/mol. The fraction of sp³-hybridized carbons (Fsp3) is 0.857. The lowest BCUT2D eigenvalue weighted by atomic mass is 9.61. The Labute approximate surface area is 103 Å². The Hall–Kier alpha value is -0.860. The van der Waals surface area contributed by atoms with E-state index in [9.17, 15) is 10.0 Å². The maximum atomic E-state index is 11.9.